The molecular formula is C32H39N9O2S. The minimum atomic E-state index is -0.165. The summed E-state index contributed by atoms with van der Waals surface area (Å²) in [6.07, 6.45) is 3.52. The van der Waals surface area contributed by atoms with Crippen LogP contribution in [0.15, 0.2) is 47.6 Å². The third kappa shape index (κ3) is 8.53. The lowest BCUT2D eigenvalue weighted by Crippen LogP contribution is -2.50. The molecule has 0 bridgehead atoms. The van der Waals surface area contributed by atoms with Gasteiger partial charge in [-0.15, -0.1) is 0 Å². The lowest BCUT2D eigenvalue weighted by atomic mass is 9.97. The number of carbonyl (C=O) groups is 2. The van der Waals surface area contributed by atoms with E-state index < -0.39 is 0 Å². The molecule has 2 aromatic heterocycles. The van der Waals surface area contributed by atoms with Crippen LogP contribution in [0.5, 0.6) is 0 Å². The van der Waals surface area contributed by atoms with Crippen LogP contribution in [0.4, 0.5) is 11.5 Å². The third-order valence-corrected chi connectivity index (χ3v) is 8.90. The number of nitrogens with zero attached hydrogens (tertiary/aromatic N) is 6. The molecular weight excluding hydrogens is 574 g/mol. The van der Waals surface area contributed by atoms with Gasteiger partial charge in [-0.05, 0) is 62.5 Å². The van der Waals surface area contributed by atoms with Crippen molar-refractivity contribution >= 4 is 35.1 Å². The molecule has 4 heterocycles. The van der Waals surface area contributed by atoms with Gasteiger partial charge < -0.3 is 21.3 Å². The highest BCUT2D eigenvalue weighted by Crippen LogP contribution is 2.29. The molecule has 2 aliphatic heterocycles. The van der Waals surface area contributed by atoms with Gasteiger partial charge in [0.2, 0.25) is 11.8 Å². The van der Waals surface area contributed by atoms with Gasteiger partial charge >= 0.3 is 0 Å². The molecule has 0 atom stereocenters. The Morgan fingerprint density at radius 2 is 1.77 bits per heavy atom. The van der Waals surface area contributed by atoms with Crippen LogP contribution in [0.3, 0.4) is 0 Å². The fourth-order valence-electron chi connectivity index (χ4n) is 5.64. The smallest absolute Gasteiger partial charge is 0.223 e. The molecule has 0 aliphatic carbocycles. The fraction of sp³-hybridized carbons (Fsp3) is 0.438. The van der Waals surface area contributed by atoms with Crippen molar-refractivity contribution in [3.05, 3.63) is 59.4 Å². The predicted molar refractivity (Wildman–Crippen MR) is 172 cm³/mol. The Morgan fingerprint density at radius 1 is 1.05 bits per heavy atom. The molecule has 44 heavy (non-hydrogen) atoms. The second kappa shape index (κ2) is 15.1. The minimum Gasteiger partial charge on any atom is -0.382 e. The summed E-state index contributed by atoms with van der Waals surface area (Å²) >= 11 is 1.38. The van der Waals surface area contributed by atoms with E-state index in [0.29, 0.717) is 40.7 Å². The first-order valence-electron chi connectivity index (χ1n) is 15.1. The Hall–Kier alpha value is -4.05. The number of carbonyl (C=O) groups excluding carboxylic acids is 2. The SMILES string of the molecule is CC(=O)Nc1ccc(-c2nc(SCc3cccc(CCC(=O)N4CCN(CC5CCNCC5)CC4)n3)nc(N)c2C#N)cc1. The molecule has 12 heteroatoms. The number of thioether (sulfide) groups is 1. The van der Waals surface area contributed by atoms with Gasteiger partial charge in [-0.2, -0.15) is 5.26 Å². The van der Waals surface area contributed by atoms with E-state index in [4.69, 9.17) is 10.7 Å². The summed E-state index contributed by atoms with van der Waals surface area (Å²) in [5, 5.41) is 16.3. The Morgan fingerprint density at radius 3 is 2.48 bits per heavy atom. The molecule has 0 saturated carbocycles. The normalized spacial score (nSPS) is 16.0. The highest BCUT2D eigenvalue weighted by molar-refractivity contribution is 7.98. The van der Waals surface area contributed by atoms with Gasteiger partial charge in [-0.1, -0.05) is 30.0 Å². The molecule has 4 N–H and O–H groups in total. The zero-order valence-electron chi connectivity index (χ0n) is 25.1. The lowest BCUT2D eigenvalue weighted by Gasteiger charge is -2.37. The van der Waals surface area contributed by atoms with Crippen molar-refractivity contribution in [2.24, 2.45) is 5.92 Å². The molecule has 0 spiro atoms. The molecule has 5 rings (SSSR count). The first-order valence-corrected chi connectivity index (χ1v) is 16.1. The van der Waals surface area contributed by atoms with Gasteiger partial charge in [0.25, 0.3) is 0 Å². The summed E-state index contributed by atoms with van der Waals surface area (Å²) < 4.78 is 0. The standard InChI is InChI=1S/C32H39N9O2S/c1-22(42)36-26-7-5-24(6-8-26)30-28(19-33)31(34)39-32(38-30)44-21-27-4-2-3-25(37-27)9-10-29(43)41-17-15-40(16-18-41)20-23-11-13-35-14-12-23/h2-8,23,35H,9-18,20-21H2,1H3,(H,36,42)(H2,34,38,39). The zero-order valence-corrected chi connectivity index (χ0v) is 25.9. The number of benzene rings is 1. The number of rotatable bonds is 10. The first-order chi connectivity index (χ1) is 21.4. The average Bonchev–Trinajstić information content (AvgIpc) is 3.03. The van der Waals surface area contributed by atoms with Gasteiger partial charge in [0.05, 0.1) is 11.4 Å². The summed E-state index contributed by atoms with van der Waals surface area (Å²) in [5.41, 5.74) is 9.84. The number of hydrogen-bond donors (Lipinski definition) is 3. The van der Waals surface area contributed by atoms with E-state index in [1.165, 1.54) is 31.5 Å². The summed E-state index contributed by atoms with van der Waals surface area (Å²) in [6.45, 7) is 8.32. The summed E-state index contributed by atoms with van der Waals surface area (Å²) in [4.78, 5) is 42.6. The molecule has 1 aromatic carbocycles. The third-order valence-electron chi connectivity index (χ3n) is 8.02. The minimum absolute atomic E-state index is 0.110. The number of aromatic nitrogens is 3. The van der Waals surface area contributed by atoms with Crippen molar-refractivity contribution in [2.75, 3.05) is 56.9 Å². The van der Waals surface area contributed by atoms with Crippen molar-refractivity contribution < 1.29 is 9.59 Å². The first kappa shape index (κ1) is 31.4. The number of piperidine rings is 1. The topological polar surface area (TPSA) is 153 Å². The van der Waals surface area contributed by atoms with Gasteiger partial charge in [-0.3, -0.25) is 19.5 Å². The van der Waals surface area contributed by atoms with E-state index in [1.807, 2.05) is 23.1 Å². The Bertz CT molecular complexity index is 1490. The van der Waals surface area contributed by atoms with Crippen molar-refractivity contribution in [1.82, 2.24) is 30.1 Å². The van der Waals surface area contributed by atoms with Crippen LogP contribution in [0.1, 0.15) is 43.1 Å². The Labute approximate surface area is 262 Å². The van der Waals surface area contributed by atoms with Crippen molar-refractivity contribution in [1.29, 1.82) is 5.26 Å². The van der Waals surface area contributed by atoms with Gasteiger partial charge in [0.15, 0.2) is 5.16 Å². The summed E-state index contributed by atoms with van der Waals surface area (Å²) in [6, 6.07) is 15.0. The highest BCUT2D eigenvalue weighted by atomic mass is 32.2. The summed E-state index contributed by atoms with van der Waals surface area (Å²) in [5.74, 6) is 1.41. The number of piperazine rings is 1. The van der Waals surface area contributed by atoms with E-state index in [0.717, 1.165) is 63.1 Å². The number of nitrogens with two attached hydrogens (primary N) is 1. The quantitative estimate of drug-likeness (QED) is 0.229. The second-order valence-electron chi connectivity index (χ2n) is 11.3. The summed E-state index contributed by atoms with van der Waals surface area (Å²) in [7, 11) is 0. The molecule has 11 nitrogen and oxygen atoms in total. The van der Waals surface area contributed by atoms with Crippen molar-refractivity contribution in [3.63, 3.8) is 0 Å². The number of hydrogen-bond acceptors (Lipinski definition) is 10. The average molecular weight is 614 g/mol. The van der Waals surface area contributed by atoms with E-state index in [9.17, 15) is 14.9 Å². The fourth-order valence-corrected chi connectivity index (χ4v) is 6.40. The highest BCUT2D eigenvalue weighted by Gasteiger charge is 2.24. The molecule has 2 amide bonds. The molecule has 230 valence electrons. The number of anilines is 2. The monoisotopic (exact) mass is 613 g/mol. The predicted octanol–water partition coefficient (Wildman–Crippen LogP) is 3.32. The maximum Gasteiger partial charge on any atom is 0.223 e. The molecule has 0 radical (unpaired) electrons. The van der Waals surface area contributed by atoms with E-state index >= 15 is 0 Å². The molecule has 2 fully saturated rings. The molecule has 0 unspecified atom stereocenters. The maximum absolute atomic E-state index is 13.0. The lowest BCUT2D eigenvalue weighted by molar-refractivity contribution is -0.133. The van der Waals surface area contributed by atoms with Gasteiger partial charge in [0, 0.05) is 68.8 Å². The Kier molecular flexibility index (Phi) is 10.8. The number of amides is 2. The Balaban J connectivity index is 1.14. The largest absolute Gasteiger partial charge is 0.382 e. The second-order valence-corrected chi connectivity index (χ2v) is 12.2. The van der Waals surface area contributed by atoms with Crippen LogP contribution in [0.25, 0.3) is 11.3 Å². The van der Waals surface area contributed by atoms with Crippen LogP contribution in [-0.2, 0) is 21.8 Å². The number of pyridine rings is 1. The van der Waals surface area contributed by atoms with E-state index in [1.54, 1.807) is 24.3 Å². The van der Waals surface area contributed by atoms with Crippen LogP contribution >= 0.6 is 11.8 Å². The maximum atomic E-state index is 13.0. The molecule has 3 aromatic rings. The van der Waals surface area contributed by atoms with Gasteiger partial charge in [-0.25, -0.2) is 9.97 Å². The van der Waals surface area contributed by atoms with Crippen molar-refractivity contribution in [2.45, 2.75) is 43.5 Å². The number of nitrogen functional groups attached to an aromatic ring is 1. The number of aryl methyl sites for hydroxylation is 1. The zero-order chi connectivity index (χ0) is 30.9. The molecule has 2 saturated heterocycles. The van der Waals surface area contributed by atoms with Crippen molar-refractivity contribution in [3.8, 4) is 17.3 Å². The van der Waals surface area contributed by atoms with E-state index in [-0.39, 0.29) is 23.2 Å². The number of nitrogens with one attached hydrogen (secondary N) is 2. The van der Waals surface area contributed by atoms with E-state index in [2.05, 4.69) is 31.6 Å². The number of nitriles is 1. The van der Waals surface area contributed by atoms with Crippen LogP contribution in [-0.4, -0.2) is 82.4 Å². The van der Waals surface area contributed by atoms with Crippen LogP contribution in [0.2, 0.25) is 0 Å². The van der Waals surface area contributed by atoms with Crippen LogP contribution < -0.4 is 16.4 Å². The van der Waals surface area contributed by atoms with Crippen LogP contribution in [0, 0.1) is 17.2 Å². The molecule has 2 aliphatic rings. The van der Waals surface area contributed by atoms with Gasteiger partial charge in [0.1, 0.15) is 17.5 Å².